The van der Waals surface area contributed by atoms with E-state index >= 15 is 0 Å². The Labute approximate surface area is 147 Å². The molecule has 1 atom stereocenters. The summed E-state index contributed by atoms with van der Waals surface area (Å²) in [5, 5.41) is 0. The Bertz CT molecular complexity index is 706. The molecule has 0 N–H and O–H groups in total. The van der Waals surface area contributed by atoms with Crippen molar-refractivity contribution >= 4 is 23.0 Å². The first-order chi connectivity index (χ1) is 11.4. The molecule has 2 aromatic rings. The number of aryl methyl sites for hydroxylation is 1. The molecule has 0 bridgehead atoms. The molecule has 1 aromatic carbocycles. The van der Waals surface area contributed by atoms with E-state index in [2.05, 4.69) is 0 Å². The summed E-state index contributed by atoms with van der Waals surface area (Å²) in [5.41, 5.74) is 1.03. The Hall–Kier alpha value is -2.14. The number of ether oxygens (including phenoxy) is 1. The van der Waals surface area contributed by atoms with Gasteiger partial charge in [0.1, 0.15) is 5.75 Å². The van der Waals surface area contributed by atoms with Crippen molar-refractivity contribution in [3.05, 3.63) is 51.7 Å². The van der Waals surface area contributed by atoms with Crippen molar-refractivity contribution in [3.8, 4) is 5.75 Å². The van der Waals surface area contributed by atoms with E-state index in [1.807, 2.05) is 50.2 Å². The van der Waals surface area contributed by atoms with Gasteiger partial charge in [-0.2, -0.15) is 0 Å². The Morgan fingerprint density at radius 2 is 1.79 bits per heavy atom. The normalized spacial score (nSPS) is 11.8. The molecule has 0 fully saturated rings. The standard InChI is InChI=1S/C19H23NO3S/c1-13-5-11-18(24-13)17(21)10-12-19(22)20(3)14(2)15-6-8-16(23-4)9-7-15/h5-9,11,14H,10,12H2,1-4H3. The largest absolute Gasteiger partial charge is 0.497 e. The summed E-state index contributed by atoms with van der Waals surface area (Å²) in [6.07, 6.45) is 0.477. The van der Waals surface area contributed by atoms with E-state index in [4.69, 9.17) is 4.74 Å². The van der Waals surface area contributed by atoms with Crippen molar-refractivity contribution in [1.29, 1.82) is 0 Å². The molecule has 0 spiro atoms. The van der Waals surface area contributed by atoms with Gasteiger partial charge in [0.2, 0.25) is 5.91 Å². The van der Waals surface area contributed by atoms with Crippen LogP contribution in [0.15, 0.2) is 36.4 Å². The van der Waals surface area contributed by atoms with Crippen LogP contribution in [-0.4, -0.2) is 30.7 Å². The molecule has 0 aliphatic carbocycles. The molecule has 4 nitrogen and oxygen atoms in total. The van der Waals surface area contributed by atoms with Gasteiger partial charge in [-0.15, -0.1) is 11.3 Å². The maximum absolute atomic E-state index is 12.4. The van der Waals surface area contributed by atoms with Crippen molar-refractivity contribution in [1.82, 2.24) is 4.90 Å². The third-order valence-corrected chi connectivity index (χ3v) is 5.20. The molecular weight excluding hydrogens is 322 g/mol. The molecule has 0 aliphatic heterocycles. The number of nitrogens with zero attached hydrogens (tertiary/aromatic N) is 1. The number of Topliss-reactive ketones (excluding diaryl/α,β-unsaturated/α-hetero) is 1. The number of methoxy groups -OCH3 is 1. The molecule has 0 radical (unpaired) electrons. The quantitative estimate of drug-likeness (QED) is 0.705. The lowest BCUT2D eigenvalue weighted by Gasteiger charge is -2.25. The number of rotatable bonds is 7. The van der Waals surface area contributed by atoms with Crippen molar-refractivity contribution in [2.24, 2.45) is 0 Å². The molecule has 1 aromatic heterocycles. The van der Waals surface area contributed by atoms with Crippen LogP contribution in [-0.2, 0) is 4.79 Å². The highest BCUT2D eigenvalue weighted by molar-refractivity contribution is 7.14. The first kappa shape index (κ1) is 18.2. The van der Waals surface area contributed by atoms with Crippen molar-refractivity contribution in [2.75, 3.05) is 14.2 Å². The minimum atomic E-state index is -0.0532. The van der Waals surface area contributed by atoms with Crippen molar-refractivity contribution < 1.29 is 14.3 Å². The Kier molecular flexibility index (Phi) is 6.15. The van der Waals surface area contributed by atoms with Crippen molar-refractivity contribution in [2.45, 2.75) is 32.7 Å². The van der Waals surface area contributed by atoms with Gasteiger partial charge in [0.25, 0.3) is 0 Å². The molecular formula is C19H23NO3S. The molecule has 2 rings (SSSR count). The van der Waals surface area contributed by atoms with Crippen LogP contribution in [0.25, 0.3) is 0 Å². The van der Waals surface area contributed by atoms with Gasteiger partial charge in [-0.05, 0) is 43.7 Å². The topological polar surface area (TPSA) is 46.6 Å². The smallest absolute Gasteiger partial charge is 0.223 e. The van der Waals surface area contributed by atoms with E-state index in [1.54, 1.807) is 19.1 Å². The second kappa shape index (κ2) is 8.11. The van der Waals surface area contributed by atoms with Crippen LogP contribution in [0, 0.1) is 6.92 Å². The fourth-order valence-electron chi connectivity index (χ4n) is 2.43. The highest BCUT2D eigenvalue weighted by Crippen LogP contribution is 2.23. The molecule has 0 aliphatic rings. The number of benzene rings is 1. The first-order valence-electron chi connectivity index (χ1n) is 7.91. The average molecular weight is 345 g/mol. The fraction of sp³-hybridized carbons (Fsp3) is 0.368. The zero-order valence-electron chi connectivity index (χ0n) is 14.5. The summed E-state index contributed by atoms with van der Waals surface area (Å²) in [5.74, 6) is 0.795. The van der Waals surface area contributed by atoms with E-state index in [1.165, 1.54) is 11.3 Å². The number of ketones is 1. The summed E-state index contributed by atoms with van der Waals surface area (Å²) >= 11 is 1.48. The summed E-state index contributed by atoms with van der Waals surface area (Å²) in [6.45, 7) is 3.95. The summed E-state index contributed by atoms with van der Waals surface area (Å²) in [4.78, 5) is 28.0. The zero-order chi connectivity index (χ0) is 17.7. The maximum atomic E-state index is 12.4. The lowest BCUT2D eigenvalue weighted by atomic mass is 10.1. The van der Waals surface area contributed by atoms with E-state index in [9.17, 15) is 9.59 Å². The average Bonchev–Trinajstić information content (AvgIpc) is 3.04. The second-order valence-corrected chi connectivity index (χ2v) is 7.08. The van der Waals surface area contributed by atoms with Crippen LogP contribution in [0.2, 0.25) is 0 Å². The number of hydrogen-bond acceptors (Lipinski definition) is 4. The molecule has 1 unspecified atom stereocenters. The fourth-order valence-corrected chi connectivity index (χ4v) is 3.26. The monoisotopic (exact) mass is 345 g/mol. The number of carbonyl (C=O) groups is 2. The first-order valence-corrected chi connectivity index (χ1v) is 8.73. The Morgan fingerprint density at radius 1 is 1.12 bits per heavy atom. The molecule has 5 heteroatoms. The van der Waals surface area contributed by atoms with E-state index in [-0.39, 0.29) is 30.6 Å². The minimum absolute atomic E-state index is 0.0278. The molecule has 1 heterocycles. The minimum Gasteiger partial charge on any atom is -0.497 e. The van der Waals surface area contributed by atoms with Gasteiger partial charge in [-0.3, -0.25) is 9.59 Å². The molecule has 0 saturated carbocycles. The zero-order valence-corrected chi connectivity index (χ0v) is 15.4. The van der Waals surface area contributed by atoms with Crippen LogP contribution < -0.4 is 4.74 Å². The second-order valence-electron chi connectivity index (χ2n) is 5.79. The SMILES string of the molecule is COc1ccc(C(C)N(C)C(=O)CCC(=O)c2ccc(C)s2)cc1. The van der Waals surface area contributed by atoms with Crippen molar-refractivity contribution in [3.63, 3.8) is 0 Å². The van der Waals surface area contributed by atoms with Gasteiger partial charge >= 0.3 is 0 Å². The number of carbonyl (C=O) groups excluding carboxylic acids is 2. The number of hydrogen-bond donors (Lipinski definition) is 0. The maximum Gasteiger partial charge on any atom is 0.223 e. The lowest BCUT2D eigenvalue weighted by molar-refractivity contribution is -0.131. The van der Waals surface area contributed by atoms with Gasteiger partial charge in [0.05, 0.1) is 18.0 Å². The van der Waals surface area contributed by atoms with Crippen LogP contribution >= 0.6 is 11.3 Å². The molecule has 0 saturated heterocycles. The third-order valence-electron chi connectivity index (χ3n) is 4.15. The predicted octanol–water partition coefficient (Wildman–Crippen LogP) is 4.25. The third kappa shape index (κ3) is 4.45. The summed E-state index contributed by atoms with van der Waals surface area (Å²) < 4.78 is 5.15. The lowest BCUT2D eigenvalue weighted by Crippen LogP contribution is -2.29. The molecule has 1 amide bonds. The summed E-state index contributed by atoms with van der Waals surface area (Å²) in [6, 6.07) is 11.4. The van der Waals surface area contributed by atoms with Gasteiger partial charge in [0, 0.05) is 24.8 Å². The van der Waals surface area contributed by atoms with Gasteiger partial charge in [-0.1, -0.05) is 12.1 Å². The number of thiophene rings is 1. The van der Waals surface area contributed by atoms with Crippen LogP contribution in [0.3, 0.4) is 0 Å². The summed E-state index contributed by atoms with van der Waals surface area (Å²) in [7, 11) is 3.40. The van der Waals surface area contributed by atoms with E-state index < -0.39 is 0 Å². The van der Waals surface area contributed by atoms with E-state index in [0.717, 1.165) is 21.1 Å². The van der Waals surface area contributed by atoms with Gasteiger partial charge < -0.3 is 9.64 Å². The van der Waals surface area contributed by atoms with Gasteiger partial charge in [0.15, 0.2) is 5.78 Å². The van der Waals surface area contributed by atoms with E-state index in [0.29, 0.717) is 0 Å². The van der Waals surface area contributed by atoms with Crippen LogP contribution in [0.4, 0.5) is 0 Å². The van der Waals surface area contributed by atoms with Crippen LogP contribution in [0.1, 0.15) is 45.9 Å². The number of amides is 1. The van der Waals surface area contributed by atoms with Gasteiger partial charge in [-0.25, -0.2) is 0 Å². The molecule has 128 valence electrons. The molecule has 24 heavy (non-hydrogen) atoms. The Morgan fingerprint density at radius 3 is 2.33 bits per heavy atom. The Balaban J connectivity index is 1.91. The highest BCUT2D eigenvalue weighted by atomic mass is 32.1. The predicted molar refractivity (Wildman–Crippen MR) is 96.8 cm³/mol. The highest BCUT2D eigenvalue weighted by Gasteiger charge is 2.19. The van der Waals surface area contributed by atoms with Crippen LogP contribution in [0.5, 0.6) is 5.75 Å².